The quantitative estimate of drug-likeness (QED) is 0.707. The van der Waals surface area contributed by atoms with Crippen LogP contribution in [0.4, 0.5) is 0 Å². The topological polar surface area (TPSA) is 52.7 Å². The van der Waals surface area contributed by atoms with Gasteiger partial charge >= 0.3 is 0 Å². The molecule has 0 amide bonds. The molecule has 1 aromatic carbocycles. The molecule has 0 aliphatic rings. The summed E-state index contributed by atoms with van der Waals surface area (Å²) >= 11 is 12.2. The molecule has 0 unspecified atom stereocenters. The minimum Gasteiger partial charge on any atom is -0.294 e. The summed E-state index contributed by atoms with van der Waals surface area (Å²) in [6, 6.07) is 5.18. The molecule has 0 spiro atoms. The summed E-state index contributed by atoms with van der Waals surface area (Å²) in [6.07, 6.45) is 3.08. The summed E-state index contributed by atoms with van der Waals surface area (Å²) in [5.41, 5.74) is 0.951. The number of benzene rings is 1. The molecule has 120 valence electrons. The molecule has 0 saturated heterocycles. The van der Waals surface area contributed by atoms with Crippen LogP contribution in [0.15, 0.2) is 35.5 Å². The fourth-order valence-electron chi connectivity index (χ4n) is 2.40. The molecule has 0 radical (unpaired) electrons. The Morgan fingerprint density at radius 1 is 1.22 bits per heavy atom. The van der Waals surface area contributed by atoms with Crippen molar-refractivity contribution in [2.45, 2.75) is 32.9 Å². The van der Waals surface area contributed by atoms with Gasteiger partial charge in [0.2, 0.25) is 0 Å². The van der Waals surface area contributed by atoms with Crippen LogP contribution in [-0.4, -0.2) is 19.3 Å². The van der Waals surface area contributed by atoms with Crippen LogP contribution >= 0.6 is 23.2 Å². The van der Waals surface area contributed by atoms with Gasteiger partial charge in [-0.05, 0) is 44.5 Å². The molecule has 23 heavy (non-hydrogen) atoms. The van der Waals surface area contributed by atoms with E-state index in [-0.39, 0.29) is 11.1 Å². The Morgan fingerprint density at radius 3 is 2.65 bits per heavy atom. The number of nitrogens with zero attached hydrogens (tertiary/aromatic N) is 4. The van der Waals surface area contributed by atoms with E-state index in [2.05, 4.69) is 10.1 Å². The lowest BCUT2D eigenvalue weighted by molar-refractivity contribution is 0.365. The molecule has 2 heterocycles. The smallest absolute Gasteiger partial charge is 0.264 e. The summed E-state index contributed by atoms with van der Waals surface area (Å²) in [6.45, 7) is 6.34. The molecule has 0 aliphatic heterocycles. The lowest BCUT2D eigenvalue weighted by Crippen LogP contribution is -2.25. The maximum Gasteiger partial charge on any atom is 0.264 e. The number of fused-ring (bicyclic) bond motifs is 1. The van der Waals surface area contributed by atoms with Crippen LogP contribution in [0.5, 0.6) is 0 Å². The number of hydrogen-bond acceptors (Lipinski definition) is 3. The minimum atomic E-state index is -0.246. The van der Waals surface area contributed by atoms with E-state index in [1.54, 1.807) is 29.1 Å². The Morgan fingerprint density at radius 2 is 1.96 bits per heavy atom. The molecule has 0 fully saturated rings. The van der Waals surface area contributed by atoms with Crippen LogP contribution in [-0.2, 0) is 12.1 Å². The van der Waals surface area contributed by atoms with E-state index in [1.807, 2.05) is 20.8 Å². The van der Waals surface area contributed by atoms with Crippen LogP contribution in [0.1, 0.15) is 26.3 Å². The highest BCUT2D eigenvalue weighted by Gasteiger charge is 2.19. The van der Waals surface area contributed by atoms with Gasteiger partial charge < -0.3 is 0 Å². The molecule has 7 heteroatoms. The van der Waals surface area contributed by atoms with Gasteiger partial charge in [0.05, 0.1) is 18.3 Å². The molecule has 0 bridgehead atoms. The summed E-state index contributed by atoms with van der Waals surface area (Å²) in [5, 5.41) is 5.93. The normalized spacial score (nSPS) is 12.0. The van der Waals surface area contributed by atoms with Crippen molar-refractivity contribution >= 4 is 34.2 Å². The van der Waals surface area contributed by atoms with Crippen molar-refractivity contribution in [3.63, 3.8) is 0 Å². The van der Waals surface area contributed by atoms with Crippen molar-refractivity contribution in [1.82, 2.24) is 19.3 Å². The molecular weight excluding hydrogens is 335 g/mol. The van der Waals surface area contributed by atoms with Crippen molar-refractivity contribution in [2.75, 3.05) is 0 Å². The van der Waals surface area contributed by atoms with E-state index in [4.69, 9.17) is 23.2 Å². The van der Waals surface area contributed by atoms with Crippen molar-refractivity contribution in [1.29, 1.82) is 0 Å². The molecule has 5 nitrogen and oxygen atoms in total. The maximum absolute atomic E-state index is 12.7. The summed E-state index contributed by atoms with van der Waals surface area (Å²) in [4.78, 5) is 17.1. The third-order valence-electron chi connectivity index (χ3n) is 3.54. The molecule has 0 atom stereocenters. The highest BCUT2D eigenvalue weighted by atomic mass is 35.5. The van der Waals surface area contributed by atoms with Crippen LogP contribution < -0.4 is 5.56 Å². The standard InChI is InChI=1S/C16H16Cl2N4O/c1-16(2,3)22-14-12(7-20-22)15(23)21(9-19-14)8-10-6-11(17)4-5-13(10)18/h4-7,9H,8H2,1-3H3. The van der Waals surface area contributed by atoms with Crippen LogP contribution in [0.3, 0.4) is 0 Å². The molecular formula is C16H16Cl2N4O. The Kier molecular flexibility index (Phi) is 3.94. The van der Waals surface area contributed by atoms with E-state index in [1.165, 1.54) is 10.9 Å². The third-order valence-corrected chi connectivity index (χ3v) is 4.14. The predicted molar refractivity (Wildman–Crippen MR) is 92.3 cm³/mol. The second-order valence-electron chi connectivity index (χ2n) is 6.38. The predicted octanol–water partition coefficient (Wildman–Crippen LogP) is 3.70. The Hall–Kier alpha value is -1.85. The van der Waals surface area contributed by atoms with Gasteiger partial charge in [-0.15, -0.1) is 0 Å². The minimum absolute atomic E-state index is 0.151. The van der Waals surface area contributed by atoms with E-state index in [9.17, 15) is 4.79 Å². The van der Waals surface area contributed by atoms with Gasteiger partial charge in [0, 0.05) is 10.0 Å². The van der Waals surface area contributed by atoms with Gasteiger partial charge in [0.15, 0.2) is 5.65 Å². The zero-order valence-electron chi connectivity index (χ0n) is 13.0. The number of halogens is 2. The van der Waals surface area contributed by atoms with Gasteiger partial charge in [-0.2, -0.15) is 5.10 Å². The molecule has 0 saturated carbocycles. The fourth-order valence-corrected chi connectivity index (χ4v) is 2.77. The first-order valence-electron chi connectivity index (χ1n) is 7.15. The summed E-state index contributed by atoms with van der Waals surface area (Å²) in [7, 11) is 0. The van der Waals surface area contributed by atoms with Gasteiger partial charge in [0.25, 0.3) is 5.56 Å². The first kappa shape index (κ1) is 16.0. The van der Waals surface area contributed by atoms with Crippen LogP contribution in [0, 0.1) is 0 Å². The van der Waals surface area contributed by atoms with Crippen molar-refractivity contribution in [3.05, 3.63) is 56.7 Å². The SMILES string of the molecule is CC(C)(C)n1ncc2c(=O)n(Cc3cc(Cl)ccc3Cl)cnc21. The average molecular weight is 351 g/mol. The summed E-state index contributed by atoms with van der Waals surface area (Å²) in [5.74, 6) is 0. The third kappa shape index (κ3) is 2.99. The second kappa shape index (κ2) is 5.65. The van der Waals surface area contributed by atoms with E-state index in [0.717, 1.165) is 5.56 Å². The zero-order chi connectivity index (χ0) is 16.8. The zero-order valence-corrected chi connectivity index (χ0v) is 14.6. The largest absolute Gasteiger partial charge is 0.294 e. The lowest BCUT2D eigenvalue weighted by Gasteiger charge is -2.19. The van der Waals surface area contributed by atoms with Crippen molar-refractivity contribution in [2.24, 2.45) is 0 Å². The average Bonchev–Trinajstić information content (AvgIpc) is 2.90. The molecule has 3 rings (SSSR count). The number of rotatable bonds is 2. The van der Waals surface area contributed by atoms with E-state index >= 15 is 0 Å². The Balaban J connectivity index is 2.09. The fraction of sp³-hybridized carbons (Fsp3) is 0.312. The highest BCUT2D eigenvalue weighted by molar-refractivity contribution is 6.33. The number of hydrogen-bond donors (Lipinski definition) is 0. The molecule has 0 aliphatic carbocycles. The highest BCUT2D eigenvalue weighted by Crippen LogP contribution is 2.22. The van der Waals surface area contributed by atoms with Crippen molar-refractivity contribution < 1.29 is 0 Å². The second-order valence-corrected chi connectivity index (χ2v) is 7.22. The monoisotopic (exact) mass is 350 g/mol. The molecule has 3 aromatic rings. The lowest BCUT2D eigenvalue weighted by atomic mass is 10.1. The van der Waals surface area contributed by atoms with Crippen molar-refractivity contribution in [3.8, 4) is 0 Å². The van der Waals surface area contributed by atoms with E-state index in [0.29, 0.717) is 27.6 Å². The van der Waals surface area contributed by atoms with Gasteiger partial charge in [-0.3, -0.25) is 9.36 Å². The first-order valence-corrected chi connectivity index (χ1v) is 7.90. The van der Waals surface area contributed by atoms with Gasteiger partial charge in [-0.1, -0.05) is 23.2 Å². The molecule has 0 N–H and O–H groups in total. The Bertz CT molecular complexity index is 937. The van der Waals surface area contributed by atoms with E-state index < -0.39 is 0 Å². The maximum atomic E-state index is 12.7. The molecule has 2 aromatic heterocycles. The Labute approximate surface area is 143 Å². The van der Waals surface area contributed by atoms with Gasteiger partial charge in [-0.25, -0.2) is 9.67 Å². The summed E-state index contributed by atoms with van der Waals surface area (Å²) < 4.78 is 3.26. The van der Waals surface area contributed by atoms with Crippen LogP contribution in [0.2, 0.25) is 10.0 Å². The number of aromatic nitrogens is 4. The van der Waals surface area contributed by atoms with Crippen LogP contribution in [0.25, 0.3) is 11.0 Å². The van der Waals surface area contributed by atoms with Gasteiger partial charge in [0.1, 0.15) is 11.7 Å². The first-order chi connectivity index (χ1) is 10.8.